The van der Waals surface area contributed by atoms with E-state index in [1.165, 1.54) is 33.7 Å². The van der Waals surface area contributed by atoms with Gasteiger partial charge >= 0.3 is 11.9 Å². The van der Waals surface area contributed by atoms with Crippen LogP contribution in [0.5, 0.6) is 11.5 Å². The van der Waals surface area contributed by atoms with Crippen LogP contribution in [-0.4, -0.2) is 18.2 Å². The number of ether oxygens (including phenoxy) is 2. The standard InChI is InChI=1S/C37H36O4S3/c1-25(2)23-35(38)40-29-11-7-27(8-12-29)37(4,5)28-9-13-30(14-10-28)41-36(39)24-26(3)43-32-19-21-34(22-20-32)44-33-17-15-31(42-6)16-18-33/h7-24H,1-6H3. The van der Waals surface area contributed by atoms with Crippen LogP contribution in [0.4, 0.5) is 0 Å². The number of carbonyl (C=O) groups is 2. The quantitative estimate of drug-likeness (QED) is 0.0700. The van der Waals surface area contributed by atoms with E-state index in [4.69, 9.17) is 9.47 Å². The molecule has 0 amide bonds. The molecule has 4 rings (SSSR count). The maximum atomic E-state index is 12.6. The number of carbonyl (C=O) groups excluding carboxylic acids is 2. The Kier molecular flexibility index (Phi) is 11.6. The Bertz CT molecular complexity index is 1630. The second-order valence-corrected chi connectivity index (χ2v) is 14.2. The van der Waals surface area contributed by atoms with Crippen molar-refractivity contribution in [3.05, 3.63) is 131 Å². The van der Waals surface area contributed by atoms with Crippen LogP contribution >= 0.6 is 35.3 Å². The van der Waals surface area contributed by atoms with Crippen molar-refractivity contribution in [3.63, 3.8) is 0 Å². The first kappa shape index (κ1) is 33.2. The number of thioether (sulfide) groups is 2. The van der Waals surface area contributed by atoms with Crippen molar-refractivity contribution in [2.24, 2.45) is 0 Å². The zero-order valence-electron chi connectivity index (χ0n) is 25.8. The fourth-order valence-corrected chi connectivity index (χ4v) is 6.33. The summed E-state index contributed by atoms with van der Waals surface area (Å²) in [6.45, 7) is 9.85. The van der Waals surface area contributed by atoms with Gasteiger partial charge in [0, 0.05) is 37.1 Å². The largest absolute Gasteiger partial charge is 0.423 e. The molecule has 0 aliphatic rings. The van der Waals surface area contributed by atoms with E-state index < -0.39 is 5.97 Å². The average molecular weight is 641 g/mol. The molecule has 0 saturated carbocycles. The highest BCUT2D eigenvalue weighted by molar-refractivity contribution is 8.03. The zero-order valence-corrected chi connectivity index (χ0v) is 28.2. The lowest BCUT2D eigenvalue weighted by Crippen LogP contribution is -2.19. The van der Waals surface area contributed by atoms with Crippen molar-refractivity contribution < 1.29 is 19.1 Å². The van der Waals surface area contributed by atoms with E-state index in [0.29, 0.717) is 11.5 Å². The minimum absolute atomic E-state index is 0.314. The van der Waals surface area contributed by atoms with Gasteiger partial charge in [-0.2, -0.15) is 0 Å². The van der Waals surface area contributed by atoms with Crippen LogP contribution < -0.4 is 9.47 Å². The van der Waals surface area contributed by atoms with Gasteiger partial charge in [-0.3, -0.25) is 0 Å². The summed E-state index contributed by atoms with van der Waals surface area (Å²) in [5.74, 6) is 0.181. The lowest BCUT2D eigenvalue weighted by atomic mass is 9.78. The van der Waals surface area contributed by atoms with Crippen molar-refractivity contribution in [1.82, 2.24) is 0 Å². The molecule has 4 aromatic rings. The fourth-order valence-electron chi connectivity index (χ4n) is 4.31. The van der Waals surface area contributed by atoms with Crippen LogP contribution in [0.1, 0.15) is 45.7 Å². The minimum Gasteiger partial charge on any atom is -0.423 e. The van der Waals surface area contributed by atoms with Crippen molar-refractivity contribution in [2.45, 2.75) is 59.6 Å². The van der Waals surface area contributed by atoms with Crippen LogP contribution in [0.15, 0.2) is 139 Å². The van der Waals surface area contributed by atoms with Gasteiger partial charge in [0.1, 0.15) is 11.5 Å². The summed E-state index contributed by atoms with van der Waals surface area (Å²) in [5, 5.41) is 0. The molecule has 0 fully saturated rings. The first-order valence-electron chi connectivity index (χ1n) is 14.1. The Labute approximate surface area is 273 Å². The van der Waals surface area contributed by atoms with Gasteiger partial charge in [0.2, 0.25) is 0 Å². The monoisotopic (exact) mass is 640 g/mol. The predicted octanol–water partition coefficient (Wildman–Crippen LogP) is 10.4. The van der Waals surface area contributed by atoms with Crippen LogP contribution in [0.2, 0.25) is 0 Å². The molecular weight excluding hydrogens is 605 g/mol. The number of allylic oxidation sites excluding steroid dienone is 2. The van der Waals surface area contributed by atoms with E-state index in [9.17, 15) is 9.59 Å². The maximum Gasteiger partial charge on any atom is 0.336 e. The molecule has 0 heterocycles. The predicted molar refractivity (Wildman–Crippen MR) is 184 cm³/mol. The van der Waals surface area contributed by atoms with Crippen LogP contribution in [-0.2, 0) is 15.0 Å². The smallest absolute Gasteiger partial charge is 0.336 e. The van der Waals surface area contributed by atoms with Gasteiger partial charge in [0.25, 0.3) is 0 Å². The number of benzene rings is 4. The molecule has 0 spiro atoms. The third-order valence-electron chi connectivity index (χ3n) is 6.71. The molecule has 0 bridgehead atoms. The molecule has 0 aliphatic carbocycles. The Hall–Kier alpha value is -3.65. The SMILES string of the molecule is CSc1ccc(Sc2ccc(SC(C)=CC(=O)Oc3ccc(C(C)(C)c4ccc(OC(=O)C=C(C)C)cc4)cc3)cc2)cc1. The fraction of sp³-hybridized carbons (Fsp3) is 0.189. The van der Waals surface area contributed by atoms with Gasteiger partial charge in [-0.05, 0) is 116 Å². The zero-order chi connectivity index (χ0) is 31.7. The molecule has 0 radical (unpaired) electrons. The Morgan fingerprint density at radius 1 is 0.591 bits per heavy atom. The highest BCUT2D eigenvalue weighted by Gasteiger charge is 2.23. The molecule has 7 heteroatoms. The summed E-state index contributed by atoms with van der Waals surface area (Å²) < 4.78 is 11.0. The summed E-state index contributed by atoms with van der Waals surface area (Å²) in [6.07, 6.45) is 5.06. The molecule has 0 aromatic heterocycles. The molecule has 44 heavy (non-hydrogen) atoms. The van der Waals surface area contributed by atoms with Gasteiger partial charge < -0.3 is 9.47 Å². The lowest BCUT2D eigenvalue weighted by Gasteiger charge is -2.26. The van der Waals surface area contributed by atoms with E-state index >= 15 is 0 Å². The minimum atomic E-state index is -0.416. The summed E-state index contributed by atoms with van der Waals surface area (Å²) in [7, 11) is 0. The van der Waals surface area contributed by atoms with E-state index in [0.717, 1.165) is 31.4 Å². The topological polar surface area (TPSA) is 52.6 Å². The van der Waals surface area contributed by atoms with Crippen molar-refractivity contribution in [3.8, 4) is 11.5 Å². The van der Waals surface area contributed by atoms with Crippen molar-refractivity contribution in [1.29, 1.82) is 0 Å². The Morgan fingerprint density at radius 2 is 1.00 bits per heavy atom. The van der Waals surface area contributed by atoms with Gasteiger partial charge in [-0.15, -0.1) is 11.8 Å². The summed E-state index contributed by atoms with van der Waals surface area (Å²) >= 11 is 4.99. The van der Waals surface area contributed by atoms with Crippen molar-refractivity contribution >= 4 is 47.2 Å². The molecule has 4 aromatic carbocycles. The molecule has 226 valence electrons. The van der Waals surface area contributed by atoms with Gasteiger partial charge in [-0.1, -0.05) is 67.2 Å². The second kappa shape index (κ2) is 15.4. The average Bonchev–Trinajstić information content (AvgIpc) is 2.98. The van der Waals surface area contributed by atoms with Gasteiger partial charge in [-0.25, -0.2) is 9.59 Å². The summed E-state index contributed by atoms with van der Waals surface area (Å²) in [5.41, 5.74) is 2.70. The number of rotatable bonds is 11. The normalized spacial score (nSPS) is 11.5. The molecule has 4 nitrogen and oxygen atoms in total. The number of esters is 2. The molecule has 0 atom stereocenters. The van der Waals surface area contributed by atoms with E-state index in [2.05, 4.69) is 68.6 Å². The molecule has 0 saturated heterocycles. The third kappa shape index (κ3) is 9.68. The highest BCUT2D eigenvalue weighted by atomic mass is 32.2. The molecule has 0 aliphatic heterocycles. The van der Waals surface area contributed by atoms with Gasteiger partial charge in [0.15, 0.2) is 0 Å². The first-order chi connectivity index (χ1) is 21.0. The van der Waals surface area contributed by atoms with Crippen LogP contribution in [0, 0.1) is 0 Å². The highest BCUT2D eigenvalue weighted by Crippen LogP contribution is 2.34. The van der Waals surface area contributed by atoms with E-state index in [1.54, 1.807) is 35.7 Å². The van der Waals surface area contributed by atoms with Crippen LogP contribution in [0.25, 0.3) is 0 Å². The molecule has 0 N–H and O–H groups in total. The Morgan fingerprint density at radius 3 is 1.43 bits per heavy atom. The van der Waals surface area contributed by atoms with E-state index in [1.807, 2.05) is 57.2 Å². The summed E-state index contributed by atoms with van der Waals surface area (Å²) in [4.78, 5) is 30.1. The molecule has 0 unspecified atom stereocenters. The second-order valence-electron chi connectivity index (χ2n) is 10.8. The van der Waals surface area contributed by atoms with Gasteiger partial charge in [0.05, 0.1) is 0 Å². The van der Waals surface area contributed by atoms with Crippen molar-refractivity contribution in [2.75, 3.05) is 6.26 Å². The maximum absolute atomic E-state index is 12.6. The first-order valence-corrected chi connectivity index (χ1v) is 17.0. The Balaban J connectivity index is 1.31. The third-order valence-corrected chi connectivity index (χ3v) is 9.42. The number of hydrogen-bond acceptors (Lipinski definition) is 7. The van der Waals surface area contributed by atoms with Crippen LogP contribution in [0.3, 0.4) is 0 Å². The van der Waals surface area contributed by atoms with E-state index in [-0.39, 0.29) is 11.4 Å². The number of hydrogen-bond donors (Lipinski definition) is 0. The summed E-state index contributed by atoms with van der Waals surface area (Å²) in [6, 6.07) is 31.9. The lowest BCUT2D eigenvalue weighted by molar-refractivity contribution is -0.129. The molecular formula is C37H36O4S3.